The molecule has 1 unspecified atom stereocenters. The van der Waals surface area contributed by atoms with E-state index in [1.807, 2.05) is 25.3 Å². The minimum Gasteiger partial charge on any atom is -0.507 e. The first-order valence-electron chi connectivity index (χ1n) is 10.8. The van der Waals surface area contributed by atoms with Gasteiger partial charge in [0, 0.05) is 16.1 Å². The van der Waals surface area contributed by atoms with Crippen molar-refractivity contribution in [3.8, 4) is 11.5 Å². The van der Waals surface area contributed by atoms with Gasteiger partial charge in [-0.3, -0.25) is 14.5 Å². The van der Waals surface area contributed by atoms with Crippen molar-refractivity contribution in [1.29, 1.82) is 0 Å². The van der Waals surface area contributed by atoms with Crippen LogP contribution in [0.3, 0.4) is 0 Å². The Bertz CT molecular complexity index is 1280. The number of hydrogen-bond donors (Lipinski definition) is 1. The molecule has 6 nitrogen and oxygen atoms in total. The van der Waals surface area contributed by atoms with Crippen molar-refractivity contribution in [2.24, 2.45) is 0 Å². The standard InChI is InChI=1S/C26H24ClNO5S/c1-4-11-33-18-7-5-6-16(13-18)23(29)21-22(25-15(2)10-12-34-25)28(26(31)24(21)30)17-8-9-20(32-3)19(27)14-17/h5-10,12-14,22,29H,4,11H2,1-3H3/b23-21-. The predicted molar refractivity (Wildman–Crippen MR) is 134 cm³/mol. The third-order valence-electron chi connectivity index (χ3n) is 5.59. The summed E-state index contributed by atoms with van der Waals surface area (Å²) in [5, 5.41) is 13.5. The molecule has 4 rings (SSSR count). The van der Waals surface area contributed by atoms with Gasteiger partial charge in [0.2, 0.25) is 0 Å². The Balaban J connectivity index is 1.88. The summed E-state index contributed by atoms with van der Waals surface area (Å²) in [4.78, 5) is 28.7. The molecular weight excluding hydrogens is 474 g/mol. The maximum atomic E-state index is 13.3. The monoisotopic (exact) mass is 497 g/mol. The molecule has 2 heterocycles. The molecule has 1 N–H and O–H groups in total. The lowest BCUT2D eigenvalue weighted by Crippen LogP contribution is -2.29. The number of amides is 1. The number of Topliss-reactive ketones (excluding diaryl/α,β-unsaturated/α-hetero) is 1. The highest BCUT2D eigenvalue weighted by molar-refractivity contribution is 7.10. The fourth-order valence-electron chi connectivity index (χ4n) is 3.93. The van der Waals surface area contributed by atoms with Gasteiger partial charge >= 0.3 is 0 Å². The number of ketones is 1. The van der Waals surface area contributed by atoms with Crippen LogP contribution in [-0.2, 0) is 9.59 Å². The Labute approximate surface area is 207 Å². The van der Waals surface area contributed by atoms with Crippen LogP contribution in [0.5, 0.6) is 11.5 Å². The van der Waals surface area contributed by atoms with Crippen LogP contribution in [0.1, 0.15) is 35.4 Å². The number of thiophene rings is 1. The van der Waals surface area contributed by atoms with E-state index >= 15 is 0 Å². The van der Waals surface area contributed by atoms with Crippen LogP contribution in [0.25, 0.3) is 5.76 Å². The van der Waals surface area contributed by atoms with E-state index in [4.69, 9.17) is 21.1 Å². The van der Waals surface area contributed by atoms with Gasteiger partial charge in [0.15, 0.2) is 0 Å². The zero-order chi connectivity index (χ0) is 24.4. The van der Waals surface area contributed by atoms with Gasteiger partial charge in [0.25, 0.3) is 11.7 Å². The molecule has 2 aromatic carbocycles. The van der Waals surface area contributed by atoms with E-state index in [0.717, 1.165) is 16.9 Å². The lowest BCUT2D eigenvalue weighted by atomic mass is 9.98. The van der Waals surface area contributed by atoms with Crippen LogP contribution in [0.4, 0.5) is 5.69 Å². The smallest absolute Gasteiger partial charge is 0.300 e. The van der Waals surface area contributed by atoms with Crippen molar-refractivity contribution < 1.29 is 24.2 Å². The van der Waals surface area contributed by atoms with E-state index in [2.05, 4.69) is 0 Å². The summed E-state index contributed by atoms with van der Waals surface area (Å²) in [6.45, 7) is 4.44. The van der Waals surface area contributed by atoms with Crippen LogP contribution in [-0.4, -0.2) is 30.5 Å². The minimum atomic E-state index is -0.801. The van der Waals surface area contributed by atoms with Crippen molar-refractivity contribution in [1.82, 2.24) is 0 Å². The molecule has 1 aliphatic heterocycles. The number of aliphatic hydroxyl groups excluding tert-OH is 1. The van der Waals surface area contributed by atoms with Crippen molar-refractivity contribution in [2.45, 2.75) is 26.3 Å². The second-order valence-electron chi connectivity index (χ2n) is 7.83. The van der Waals surface area contributed by atoms with Gasteiger partial charge < -0.3 is 14.6 Å². The number of carbonyl (C=O) groups is 2. The molecule has 1 aromatic heterocycles. The molecule has 1 amide bonds. The average molecular weight is 498 g/mol. The van der Waals surface area contributed by atoms with Crippen LogP contribution in [0.2, 0.25) is 5.02 Å². The SMILES string of the molecule is CCCOc1cccc(/C(O)=C2/C(=O)C(=O)N(c3ccc(OC)c(Cl)c3)C2c2sccc2C)c1. The van der Waals surface area contributed by atoms with Crippen LogP contribution in [0, 0.1) is 6.92 Å². The molecule has 1 atom stereocenters. The first-order valence-corrected chi connectivity index (χ1v) is 12.0. The molecule has 0 saturated carbocycles. The number of aryl methyl sites for hydroxylation is 1. The molecular formula is C26H24ClNO5S. The molecule has 0 bridgehead atoms. The quantitative estimate of drug-likeness (QED) is 0.241. The van der Waals surface area contributed by atoms with Gasteiger partial charge in [-0.1, -0.05) is 30.7 Å². The van der Waals surface area contributed by atoms with Gasteiger partial charge in [-0.15, -0.1) is 11.3 Å². The first-order chi connectivity index (χ1) is 16.4. The van der Waals surface area contributed by atoms with Crippen molar-refractivity contribution in [3.05, 3.63) is 80.5 Å². The van der Waals surface area contributed by atoms with Gasteiger partial charge in [-0.25, -0.2) is 0 Å². The Morgan fingerprint density at radius 2 is 1.97 bits per heavy atom. The summed E-state index contributed by atoms with van der Waals surface area (Å²) in [5.74, 6) is -0.720. The van der Waals surface area contributed by atoms with Crippen LogP contribution < -0.4 is 14.4 Å². The van der Waals surface area contributed by atoms with Crippen LogP contribution in [0.15, 0.2) is 59.5 Å². The van der Waals surface area contributed by atoms with Gasteiger partial charge in [-0.2, -0.15) is 0 Å². The fourth-order valence-corrected chi connectivity index (χ4v) is 5.20. The molecule has 0 spiro atoms. The number of ether oxygens (including phenoxy) is 2. The third kappa shape index (κ3) is 4.29. The van der Waals surface area contributed by atoms with Gasteiger partial charge in [0.05, 0.1) is 24.3 Å². The van der Waals surface area contributed by atoms with E-state index in [1.165, 1.54) is 23.3 Å². The maximum absolute atomic E-state index is 13.3. The van der Waals surface area contributed by atoms with Gasteiger partial charge in [0.1, 0.15) is 23.3 Å². The van der Waals surface area contributed by atoms with Crippen molar-refractivity contribution in [3.63, 3.8) is 0 Å². The van der Waals surface area contributed by atoms with Crippen molar-refractivity contribution >= 4 is 46.1 Å². The summed E-state index contributed by atoms with van der Waals surface area (Å²) >= 11 is 7.75. The molecule has 0 radical (unpaired) electrons. The molecule has 8 heteroatoms. The highest BCUT2D eigenvalue weighted by Crippen LogP contribution is 2.46. The summed E-state index contributed by atoms with van der Waals surface area (Å²) < 4.78 is 10.9. The fraction of sp³-hybridized carbons (Fsp3) is 0.231. The van der Waals surface area contributed by atoms with Crippen molar-refractivity contribution in [2.75, 3.05) is 18.6 Å². The summed E-state index contributed by atoms with van der Waals surface area (Å²) in [6.07, 6.45) is 0.837. The second-order valence-corrected chi connectivity index (χ2v) is 9.19. The number of anilines is 1. The number of hydrogen-bond acceptors (Lipinski definition) is 6. The van der Waals surface area contributed by atoms with Gasteiger partial charge in [-0.05, 0) is 60.7 Å². The normalized spacial score (nSPS) is 17.3. The zero-order valence-electron chi connectivity index (χ0n) is 19.0. The van der Waals surface area contributed by atoms with E-state index in [-0.39, 0.29) is 11.3 Å². The Hall–Kier alpha value is -3.29. The molecule has 3 aromatic rings. The second kappa shape index (κ2) is 9.91. The lowest BCUT2D eigenvalue weighted by molar-refractivity contribution is -0.132. The maximum Gasteiger partial charge on any atom is 0.300 e. The summed E-state index contributed by atoms with van der Waals surface area (Å²) in [7, 11) is 1.50. The molecule has 176 valence electrons. The molecule has 34 heavy (non-hydrogen) atoms. The Morgan fingerprint density at radius 3 is 2.62 bits per heavy atom. The number of nitrogens with zero attached hydrogens (tertiary/aromatic N) is 1. The van der Waals surface area contributed by atoms with Crippen LogP contribution >= 0.6 is 22.9 Å². The molecule has 0 aliphatic carbocycles. The lowest BCUT2D eigenvalue weighted by Gasteiger charge is -2.25. The number of carbonyl (C=O) groups excluding carboxylic acids is 2. The highest BCUT2D eigenvalue weighted by Gasteiger charge is 2.48. The van der Waals surface area contributed by atoms with E-state index in [0.29, 0.717) is 34.4 Å². The predicted octanol–water partition coefficient (Wildman–Crippen LogP) is 6.13. The number of methoxy groups -OCH3 is 1. The number of halogens is 1. The average Bonchev–Trinajstić information content (AvgIpc) is 3.37. The third-order valence-corrected chi connectivity index (χ3v) is 6.96. The number of aliphatic hydroxyl groups is 1. The molecule has 1 saturated heterocycles. The van der Waals surface area contributed by atoms with E-state index < -0.39 is 17.7 Å². The Kier molecular flexibility index (Phi) is 6.95. The number of benzene rings is 2. The Morgan fingerprint density at radius 1 is 1.18 bits per heavy atom. The first kappa shape index (κ1) is 23.9. The number of rotatable bonds is 7. The topological polar surface area (TPSA) is 76.1 Å². The molecule has 1 aliphatic rings. The minimum absolute atomic E-state index is 0.0233. The van der Waals surface area contributed by atoms with E-state index in [9.17, 15) is 14.7 Å². The largest absolute Gasteiger partial charge is 0.507 e. The summed E-state index contributed by atoms with van der Waals surface area (Å²) in [6, 6.07) is 12.9. The highest BCUT2D eigenvalue weighted by atomic mass is 35.5. The summed E-state index contributed by atoms with van der Waals surface area (Å²) in [5.41, 5.74) is 1.77. The zero-order valence-corrected chi connectivity index (χ0v) is 20.6. The van der Waals surface area contributed by atoms with E-state index in [1.54, 1.807) is 42.5 Å². The molecule has 1 fully saturated rings.